The number of benzene rings is 1. The molecule has 6 heteroatoms. The maximum atomic E-state index is 11.9. The molecule has 4 aliphatic rings. The number of carbonyl (C=O) groups is 1. The molecule has 0 spiro atoms. The molecule has 29 heavy (non-hydrogen) atoms. The van der Waals surface area contributed by atoms with Gasteiger partial charge in [-0.25, -0.2) is 4.79 Å². The number of carboxylic acid groups (broad SMARTS) is 1. The van der Waals surface area contributed by atoms with Crippen molar-refractivity contribution in [3.63, 3.8) is 0 Å². The minimum absolute atomic E-state index is 0.0476. The van der Waals surface area contributed by atoms with Crippen LogP contribution >= 0.6 is 0 Å². The second-order valence-electron chi connectivity index (χ2n) is 9.10. The molecule has 2 N–H and O–H groups in total. The van der Waals surface area contributed by atoms with Crippen LogP contribution < -0.4 is 5.32 Å². The molecule has 1 heterocycles. The summed E-state index contributed by atoms with van der Waals surface area (Å²) in [5.41, 5.74) is 3.89. The first-order valence-corrected chi connectivity index (χ1v) is 10.6. The van der Waals surface area contributed by atoms with E-state index in [1.807, 2.05) is 25.1 Å². The van der Waals surface area contributed by atoms with Crippen LogP contribution in [0.2, 0.25) is 0 Å². The molecule has 2 aromatic rings. The summed E-state index contributed by atoms with van der Waals surface area (Å²) in [5.74, 6) is 0.716. The van der Waals surface area contributed by atoms with Crippen molar-refractivity contribution in [1.82, 2.24) is 15.5 Å². The Balaban J connectivity index is 1.35. The van der Waals surface area contributed by atoms with Gasteiger partial charge in [0.2, 0.25) is 5.89 Å². The van der Waals surface area contributed by atoms with Crippen molar-refractivity contribution in [1.29, 1.82) is 0 Å². The molecule has 6 rings (SSSR count). The van der Waals surface area contributed by atoms with E-state index in [0.717, 1.165) is 68.6 Å². The number of fused-ring (bicyclic) bond motifs is 4. The number of nitrogens with zero attached hydrogens (tertiary/aromatic N) is 2. The molecular weight excluding hydrogens is 366 g/mol. The van der Waals surface area contributed by atoms with Gasteiger partial charge in [-0.3, -0.25) is 0 Å². The Morgan fingerprint density at radius 1 is 1.14 bits per heavy atom. The Morgan fingerprint density at radius 3 is 2.52 bits per heavy atom. The van der Waals surface area contributed by atoms with Crippen LogP contribution in [-0.4, -0.2) is 27.8 Å². The van der Waals surface area contributed by atoms with Gasteiger partial charge in [-0.1, -0.05) is 29.4 Å². The number of nitrogens with one attached hydrogen (secondary N) is 1. The van der Waals surface area contributed by atoms with Gasteiger partial charge >= 0.3 is 5.97 Å². The van der Waals surface area contributed by atoms with Crippen molar-refractivity contribution in [3.05, 3.63) is 52.7 Å². The summed E-state index contributed by atoms with van der Waals surface area (Å²) in [7, 11) is 0. The monoisotopic (exact) mass is 393 g/mol. The van der Waals surface area contributed by atoms with Crippen LogP contribution in [0.3, 0.4) is 0 Å². The number of aromatic nitrogens is 2. The number of hydrogen-bond donors (Lipinski definition) is 2. The summed E-state index contributed by atoms with van der Waals surface area (Å²) >= 11 is 0. The van der Waals surface area contributed by atoms with Gasteiger partial charge in [-0.15, -0.1) is 0 Å². The third-order valence-corrected chi connectivity index (χ3v) is 7.51. The number of hydrogen-bond acceptors (Lipinski definition) is 5. The molecule has 1 aromatic heterocycles. The highest BCUT2D eigenvalue weighted by Gasteiger charge is 2.52. The van der Waals surface area contributed by atoms with Crippen molar-refractivity contribution < 1.29 is 14.4 Å². The zero-order valence-electron chi connectivity index (χ0n) is 16.8. The Morgan fingerprint density at radius 2 is 1.86 bits per heavy atom. The predicted octanol–water partition coefficient (Wildman–Crippen LogP) is 4.00. The van der Waals surface area contributed by atoms with E-state index in [0.29, 0.717) is 17.8 Å². The highest BCUT2D eigenvalue weighted by Crippen LogP contribution is 2.57. The van der Waals surface area contributed by atoms with Gasteiger partial charge in [0.25, 0.3) is 0 Å². The molecule has 6 nitrogen and oxygen atoms in total. The third-order valence-electron chi connectivity index (χ3n) is 7.51. The maximum Gasteiger partial charge on any atom is 0.333 e. The highest BCUT2D eigenvalue weighted by molar-refractivity contribution is 5.97. The zero-order valence-corrected chi connectivity index (χ0v) is 16.8. The van der Waals surface area contributed by atoms with Crippen molar-refractivity contribution in [2.45, 2.75) is 63.7 Å². The lowest BCUT2D eigenvalue weighted by Gasteiger charge is -2.52. The van der Waals surface area contributed by atoms with Crippen LogP contribution in [-0.2, 0) is 16.6 Å². The molecule has 0 unspecified atom stereocenters. The molecule has 1 aromatic carbocycles. The van der Waals surface area contributed by atoms with E-state index in [2.05, 4.69) is 21.5 Å². The molecule has 3 saturated carbocycles. The lowest BCUT2D eigenvalue weighted by Crippen LogP contribution is -2.48. The largest absolute Gasteiger partial charge is 0.478 e. The summed E-state index contributed by atoms with van der Waals surface area (Å²) in [6, 6.07) is 8.17. The van der Waals surface area contributed by atoms with E-state index in [-0.39, 0.29) is 10.8 Å². The second kappa shape index (κ2) is 6.71. The highest BCUT2D eigenvalue weighted by atomic mass is 16.5. The first kappa shape index (κ1) is 18.4. The van der Waals surface area contributed by atoms with Gasteiger partial charge in [0, 0.05) is 17.5 Å². The lowest BCUT2D eigenvalue weighted by molar-refractivity contribution is -0.132. The molecule has 0 aliphatic heterocycles. The minimum Gasteiger partial charge on any atom is -0.478 e. The van der Waals surface area contributed by atoms with E-state index < -0.39 is 5.97 Å². The topological polar surface area (TPSA) is 88.2 Å². The fourth-order valence-electron chi connectivity index (χ4n) is 5.58. The fraction of sp³-hybridized carbons (Fsp3) is 0.522. The summed E-state index contributed by atoms with van der Waals surface area (Å²) in [6.45, 7) is 2.70. The fourth-order valence-corrected chi connectivity index (χ4v) is 5.58. The Kier molecular flexibility index (Phi) is 4.26. The second-order valence-corrected chi connectivity index (χ2v) is 9.10. The van der Waals surface area contributed by atoms with Crippen molar-refractivity contribution in [2.24, 2.45) is 5.41 Å². The summed E-state index contributed by atoms with van der Waals surface area (Å²) < 4.78 is 5.54. The van der Waals surface area contributed by atoms with Gasteiger partial charge in [-0.05, 0) is 69.3 Å². The number of carboxylic acids is 1. The molecule has 152 valence electrons. The van der Waals surface area contributed by atoms with Crippen LogP contribution in [0, 0.1) is 12.3 Å². The predicted molar refractivity (Wildman–Crippen MR) is 108 cm³/mol. The van der Waals surface area contributed by atoms with E-state index in [9.17, 15) is 9.90 Å². The van der Waals surface area contributed by atoms with Crippen molar-refractivity contribution in [3.8, 4) is 0 Å². The first-order chi connectivity index (χ1) is 14.0. The molecule has 0 saturated heterocycles. The quantitative estimate of drug-likeness (QED) is 0.798. The summed E-state index contributed by atoms with van der Waals surface area (Å²) in [5, 5.41) is 17.3. The molecule has 4 aliphatic carbocycles. The van der Waals surface area contributed by atoms with Crippen LogP contribution in [0.25, 0.3) is 5.70 Å². The van der Waals surface area contributed by atoms with Gasteiger partial charge in [-0.2, -0.15) is 4.98 Å². The average molecular weight is 393 g/mol. The summed E-state index contributed by atoms with van der Waals surface area (Å²) in [4.78, 5) is 16.4. The normalized spacial score (nSPS) is 28.3. The van der Waals surface area contributed by atoms with Gasteiger partial charge in [0.15, 0.2) is 5.82 Å². The lowest BCUT2D eigenvalue weighted by atomic mass is 9.53. The van der Waals surface area contributed by atoms with Crippen LogP contribution in [0.4, 0.5) is 0 Å². The number of rotatable bonds is 5. The minimum atomic E-state index is -0.808. The Bertz CT molecular complexity index is 966. The van der Waals surface area contributed by atoms with E-state index >= 15 is 0 Å². The van der Waals surface area contributed by atoms with Crippen LogP contribution in [0.15, 0.2) is 34.4 Å². The van der Waals surface area contributed by atoms with E-state index in [1.165, 1.54) is 5.56 Å². The summed E-state index contributed by atoms with van der Waals surface area (Å²) in [6.07, 6.45) is 7.91. The van der Waals surface area contributed by atoms with Crippen molar-refractivity contribution >= 4 is 11.7 Å². The van der Waals surface area contributed by atoms with Crippen LogP contribution in [0.5, 0.6) is 0 Å². The first-order valence-electron chi connectivity index (χ1n) is 10.6. The van der Waals surface area contributed by atoms with Crippen molar-refractivity contribution in [2.75, 3.05) is 6.54 Å². The third kappa shape index (κ3) is 3.05. The van der Waals surface area contributed by atoms with E-state index in [4.69, 9.17) is 4.52 Å². The number of aliphatic carboxylic acids is 1. The molecule has 0 amide bonds. The molecule has 3 fully saturated rings. The Labute approximate surface area is 170 Å². The SMILES string of the molecule is Cc1noc(C23CCC(CNC4=C(C(=O)O)CCc5ccccc54)(CC2)CC3)n1. The van der Waals surface area contributed by atoms with E-state index in [1.54, 1.807) is 0 Å². The smallest absolute Gasteiger partial charge is 0.333 e. The van der Waals surface area contributed by atoms with Gasteiger partial charge in [0.1, 0.15) is 0 Å². The molecule has 0 atom stereocenters. The zero-order chi connectivity index (χ0) is 20.1. The Hall–Kier alpha value is -2.63. The van der Waals surface area contributed by atoms with Crippen LogP contribution in [0.1, 0.15) is 67.8 Å². The van der Waals surface area contributed by atoms with Gasteiger partial charge < -0.3 is 14.9 Å². The molecule has 2 bridgehead atoms. The molecule has 0 radical (unpaired) electrons. The number of aryl methyl sites for hydroxylation is 2. The van der Waals surface area contributed by atoms with Gasteiger partial charge in [0.05, 0.1) is 11.3 Å². The molecular formula is C23H27N3O3. The average Bonchev–Trinajstić information content (AvgIpc) is 3.20. The maximum absolute atomic E-state index is 11.9. The standard InChI is InChI=1S/C23H27N3O3/c1-15-25-21(29-26-15)23-11-8-22(9-12-23,10-13-23)14-24-19-17-5-3-2-4-16(17)6-7-18(19)20(27)28/h2-5,24H,6-14H2,1H3,(H,27,28).